The number of nitrogens with zero attached hydrogens (tertiary/aromatic N) is 2. The molecule has 2 fully saturated rings. The van der Waals surface area contributed by atoms with Crippen LogP contribution in [0.25, 0.3) is 0 Å². The summed E-state index contributed by atoms with van der Waals surface area (Å²) in [7, 11) is 1.84. The summed E-state index contributed by atoms with van der Waals surface area (Å²) < 4.78 is 15.2. The Balaban J connectivity index is 1.63. The van der Waals surface area contributed by atoms with E-state index in [9.17, 15) is 10.4 Å². The van der Waals surface area contributed by atoms with Crippen LogP contribution >= 0.6 is 0 Å². The SMILES string of the molecule is CNCc1cc(C)c(C2CC3C(CC2C#N)NNC3c2ccc(C(C)(C)O)nc2)c(F)c1. The minimum atomic E-state index is -0.993. The maximum absolute atomic E-state index is 15.2. The predicted octanol–water partition coefficient (Wildman–Crippen LogP) is 3.33. The summed E-state index contributed by atoms with van der Waals surface area (Å²) >= 11 is 0. The van der Waals surface area contributed by atoms with E-state index in [0.717, 1.165) is 16.7 Å². The minimum Gasteiger partial charge on any atom is -0.384 e. The topological polar surface area (TPSA) is 93.0 Å². The minimum absolute atomic E-state index is 0.0115. The second kappa shape index (κ2) is 8.87. The summed E-state index contributed by atoms with van der Waals surface area (Å²) in [5, 5.41) is 23.2. The van der Waals surface area contributed by atoms with Crippen LogP contribution in [0, 0.1) is 35.9 Å². The summed E-state index contributed by atoms with van der Waals surface area (Å²) in [6.07, 6.45) is 3.18. The van der Waals surface area contributed by atoms with Gasteiger partial charge in [0.15, 0.2) is 0 Å². The standard InChI is InChI=1S/C25H32FN5O/c1-14-7-15(12-28-4)8-20(26)23(14)18-10-19-21(9-17(18)11-27)30-31-24(19)16-5-6-22(29-13-16)25(2,3)32/h5-8,13,17-19,21,24,28,30-32H,9-10,12H2,1-4H3. The van der Waals surface area contributed by atoms with Crippen molar-refractivity contribution in [3.8, 4) is 6.07 Å². The third kappa shape index (κ3) is 4.28. The molecule has 0 amide bonds. The fourth-order valence-corrected chi connectivity index (χ4v) is 5.42. The van der Waals surface area contributed by atoms with E-state index < -0.39 is 5.60 Å². The second-order valence-corrected chi connectivity index (χ2v) is 9.72. The Bertz CT molecular complexity index is 987. The number of nitrogens with one attached hydrogen (secondary N) is 3. The van der Waals surface area contributed by atoms with Gasteiger partial charge in [-0.3, -0.25) is 10.4 Å². The number of pyridine rings is 1. The lowest BCUT2D eigenvalue weighted by molar-refractivity contribution is 0.0738. The molecule has 2 aliphatic rings. The van der Waals surface area contributed by atoms with Crippen LogP contribution in [0.4, 0.5) is 4.39 Å². The highest BCUT2D eigenvalue weighted by molar-refractivity contribution is 5.37. The first kappa shape index (κ1) is 22.8. The van der Waals surface area contributed by atoms with Crippen molar-refractivity contribution in [2.24, 2.45) is 11.8 Å². The van der Waals surface area contributed by atoms with E-state index in [2.05, 4.69) is 27.2 Å². The molecule has 5 atom stereocenters. The van der Waals surface area contributed by atoms with E-state index in [1.54, 1.807) is 26.1 Å². The normalized spacial score (nSPS) is 27.7. The van der Waals surface area contributed by atoms with Crippen molar-refractivity contribution in [1.82, 2.24) is 21.2 Å². The Labute approximate surface area is 189 Å². The summed E-state index contributed by atoms with van der Waals surface area (Å²) in [5.74, 6) is -0.415. The lowest BCUT2D eigenvalue weighted by Crippen LogP contribution is -2.39. The zero-order valence-corrected chi connectivity index (χ0v) is 19.1. The number of fused-ring (bicyclic) bond motifs is 1. The first-order valence-electron chi connectivity index (χ1n) is 11.3. The molecule has 0 bridgehead atoms. The second-order valence-electron chi connectivity index (χ2n) is 9.72. The average molecular weight is 438 g/mol. The van der Waals surface area contributed by atoms with Gasteiger partial charge in [-0.15, -0.1) is 0 Å². The van der Waals surface area contributed by atoms with Crippen molar-refractivity contribution >= 4 is 0 Å². The molecule has 7 heteroatoms. The highest BCUT2D eigenvalue weighted by Gasteiger charge is 2.46. The number of aryl methyl sites for hydroxylation is 1. The van der Waals surface area contributed by atoms with E-state index in [4.69, 9.17) is 0 Å². The number of aliphatic hydroxyl groups is 1. The quantitative estimate of drug-likeness (QED) is 0.573. The monoisotopic (exact) mass is 437 g/mol. The van der Waals surface area contributed by atoms with Crippen LogP contribution in [0.15, 0.2) is 30.5 Å². The highest BCUT2D eigenvalue weighted by Crippen LogP contribution is 2.48. The summed E-state index contributed by atoms with van der Waals surface area (Å²) in [4.78, 5) is 4.46. The Morgan fingerprint density at radius 1 is 1.28 bits per heavy atom. The highest BCUT2D eigenvalue weighted by atomic mass is 19.1. The number of hydrogen-bond donors (Lipinski definition) is 4. The van der Waals surface area contributed by atoms with E-state index in [-0.39, 0.29) is 35.7 Å². The van der Waals surface area contributed by atoms with Gasteiger partial charge in [-0.05, 0) is 81.0 Å². The summed E-state index contributed by atoms with van der Waals surface area (Å²) in [6.45, 7) is 5.98. The molecule has 1 saturated heterocycles. The molecule has 4 rings (SSSR count). The smallest absolute Gasteiger partial charge is 0.127 e. The summed E-state index contributed by atoms with van der Waals surface area (Å²) in [5.41, 5.74) is 9.89. The van der Waals surface area contributed by atoms with Crippen LogP contribution in [-0.4, -0.2) is 23.2 Å². The van der Waals surface area contributed by atoms with Crippen LogP contribution in [0.1, 0.15) is 66.6 Å². The molecular weight excluding hydrogens is 405 g/mol. The Hall–Kier alpha value is -2.37. The van der Waals surface area contributed by atoms with Gasteiger partial charge in [0.1, 0.15) is 11.4 Å². The molecule has 32 heavy (non-hydrogen) atoms. The van der Waals surface area contributed by atoms with Crippen molar-refractivity contribution < 1.29 is 9.50 Å². The zero-order chi connectivity index (χ0) is 23.0. The molecule has 1 aromatic heterocycles. The molecule has 0 radical (unpaired) electrons. The molecule has 2 heterocycles. The number of halogens is 1. The molecular formula is C25H32FN5O. The van der Waals surface area contributed by atoms with Gasteiger partial charge in [0.2, 0.25) is 0 Å². The lowest BCUT2D eigenvalue weighted by atomic mass is 9.66. The van der Waals surface area contributed by atoms with Gasteiger partial charge in [-0.2, -0.15) is 5.26 Å². The maximum atomic E-state index is 15.2. The van der Waals surface area contributed by atoms with E-state index in [1.165, 1.54) is 0 Å². The van der Waals surface area contributed by atoms with Crippen molar-refractivity contribution in [3.63, 3.8) is 0 Å². The number of hydrogen-bond acceptors (Lipinski definition) is 6. The first-order chi connectivity index (χ1) is 15.2. The first-order valence-corrected chi connectivity index (χ1v) is 11.3. The van der Waals surface area contributed by atoms with Crippen LogP contribution in [0.5, 0.6) is 0 Å². The number of hydrazine groups is 1. The van der Waals surface area contributed by atoms with E-state index in [0.29, 0.717) is 30.6 Å². The Kier molecular flexibility index (Phi) is 6.33. The van der Waals surface area contributed by atoms with Gasteiger partial charge < -0.3 is 10.4 Å². The van der Waals surface area contributed by atoms with Gasteiger partial charge in [0.25, 0.3) is 0 Å². The molecule has 1 aromatic carbocycles. The number of aromatic nitrogens is 1. The molecule has 1 aliphatic heterocycles. The third-order valence-electron chi connectivity index (χ3n) is 6.97. The van der Waals surface area contributed by atoms with E-state index in [1.807, 2.05) is 32.2 Å². The number of rotatable bonds is 5. The fraction of sp³-hybridized carbons (Fsp3) is 0.520. The van der Waals surface area contributed by atoms with Gasteiger partial charge >= 0.3 is 0 Å². The Morgan fingerprint density at radius 3 is 2.66 bits per heavy atom. The van der Waals surface area contributed by atoms with E-state index >= 15 is 4.39 Å². The maximum Gasteiger partial charge on any atom is 0.127 e. The van der Waals surface area contributed by atoms with Crippen molar-refractivity contribution in [2.45, 2.75) is 63.8 Å². The van der Waals surface area contributed by atoms with Gasteiger partial charge in [0, 0.05) is 24.7 Å². The van der Waals surface area contributed by atoms with Crippen molar-refractivity contribution in [1.29, 1.82) is 5.26 Å². The molecule has 5 unspecified atom stereocenters. The van der Waals surface area contributed by atoms with Crippen molar-refractivity contribution in [3.05, 3.63) is 64.2 Å². The van der Waals surface area contributed by atoms with Crippen LogP contribution < -0.4 is 16.2 Å². The number of nitriles is 1. The molecule has 1 aliphatic carbocycles. The van der Waals surface area contributed by atoms with Crippen LogP contribution in [0.3, 0.4) is 0 Å². The fourth-order valence-electron chi connectivity index (χ4n) is 5.42. The molecule has 6 nitrogen and oxygen atoms in total. The van der Waals surface area contributed by atoms with Gasteiger partial charge in [-0.1, -0.05) is 12.1 Å². The number of benzene rings is 1. The van der Waals surface area contributed by atoms with Gasteiger partial charge in [0.05, 0.1) is 23.7 Å². The molecule has 2 aromatic rings. The van der Waals surface area contributed by atoms with Gasteiger partial charge in [-0.25, -0.2) is 9.82 Å². The molecule has 170 valence electrons. The predicted molar refractivity (Wildman–Crippen MR) is 121 cm³/mol. The Morgan fingerprint density at radius 2 is 2.06 bits per heavy atom. The largest absolute Gasteiger partial charge is 0.384 e. The van der Waals surface area contributed by atoms with Crippen molar-refractivity contribution in [2.75, 3.05) is 7.05 Å². The molecule has 1 saturated carbocycles. The zero-order valence-electron chi connectivity index (χ0n) is 19.1. The summed E-state index contributed by atoms with van der Waals surface area (Å²) in [6, 6.07) is 10.1. The van der Waals surface area contributed by atoms with Crippen LogP contribution in [-0.2, 0) is 12.1 Å². The van der Waals surface area contributed by atoms with Crippen LogP contribution in [0.2, 0.25) is 0 Å². The molecule has 4 N–H and O–H groups in total. The third-order valence-corrected chi connectivity index (χ3v) is 6.97. The average Bonchev–Trinajstić information content (AvgIpc) is 3.15. The lowest BCUT2D eigenvalue weighted by Gasteiger charge is -2.37. The molecule has 0 spiro atoms.